The molecule has 106 valence electrons. The number of aryl methyl sites for hydroxylation is 2. The molecule has 3 nitrogen and oxygen atoms in total. The van der Waals surface area contributed by atoms with Crippen molar-refractivity contribution in [3.05, 3.63) is 57.2 Å². The van der Waals surface area contributed by atoms with Gasteiger partial charge in [-0.25, -0.2) is 0 Å². The second-order valence-electron chi connectivity index (χ2n) is 5.07. The lowest BCUT2D eigenvalue weighted by molar-refractivity contribution is 0.436. The molecule has 0 saturated carbocycles. The summed E-state index contributed by atoms with van der Waals surface area (Å²) in [4.78, 5) is 0. The van der Waals surface area contributed by atoms with Gasteiger partial charge in [-0.2, -0.15) is 0 Å². The van der Waals surface area contributed by atoms with E-state index < -0.39 is 0 Å². The molecule has 3 aromatic rings. The second-order valence-corrected chi connectivity index (χ2v) is 6.15. The summed E-state index contributed by atoms with van der Waals surface area (Å²) in [5, 5.41) is 3.96. The summed E-state index contributed by atoms with van der Waals surface area (Å²) in [6.45, 7) is 4.14. The fourth-order valence-electron chi connectivity index (χ4n) is 2.31. The fraction of sp³-hybridized carbons (Fsp3) is 0.118. The molecule has 0 saturated heterocycles. The van der Waals surface area contributed by atoms with Crippen molar-refractivity contribution in [2.75, 3.05) is 5.73 Å². The Labute approximate surface area is 137 Å². The van der Waals surface area contributed by atoms with E-state index in [4.69, 9.17) is 10.3 Å². The molecule has 2 N–H and O–H groups in total. The van der Waals surface area contributed by atoms with E-state index in [0.717, 1.165) is 26.0 Å². The van der Waals surface area contributed by atoms with E-state index in [1.54, 1.807) is 0 Å². The maximum Gasteiger partial charge on any atom is 0.177 e. The van der Waals surface area contributed by atoms with Gasteiger partial charge in [0.25, 0.3) is 0 Å². The van der Waals surface area contributed by atoms with E-state index in [2.05, 4.69) is 59.8 Å². The number of nitrogen functional groups attached to an aromatic ring is 1. The van der Waals surface area contributed by atoms with Gasteiger partial charge in [-0.15, -0.1) is 0 Å². The highest BCUT2D eigenvalue weighted by molar-refractivity contribution is 14.1. The molecule has 0 unspecified atom stereocenters. The third-order valence-corrected chi connectivity index (χ3v) is 4.93. The van der Waals surface area contributed by atoms with Gasteiger partial charge >= 0.3 is 0 Å². The number of nitrogens with zero attached hydrogens (tertiary/aromatic N) is 1. The molecular formula is C17H15IN2O. The third kappa shape index (κ3) is 2.55. The van der Waals surface area contributed by atoms with Crippen LogP contribution in [-0.4, -0.2) is 5.16 Å². The van der Waals surface area contributed by atoms with Gasteiger partial charge in [0, 0.05) is 9.13 Å². The summed E-state index contributed by atoms with van der Waals surface area (Å²) in [6.07, 6.45) is 0. The highest BCUT2D eigenvalue weighted by atomic mass is 127. The molecule has 0 aliphatic carbocycles. The van der Waals surface area contributed by atoms with E-state index in [1.165, 1.54) is 11.1 Å². The van der Waals surface area contributed by atoms with Crippen LogP contribution in [0.2, 0.25) is 0 Å². The van der Waals surface area contributed by atoms with Crippen LogP contribution < -0.4 is 5.73 Å². The molecule has 0 bridgehead atoms. The van der Waals surface area contributed by atoms with E-state index in [1.807, 2.05) is 24.3 Å². The van der Waals surface area contributed by atoms with E-state index >= 15 is 0 Å². The zero-order chi connectivity index (χ0) is 15.0. The Morgan fingerprint density at radius 3 is 2.48 bits per heavy atom. The first-order valence-electron chi connectivity index (χ1n) is 6.65. The van der Waals surface area contributed by atoms with Crippen LogP contribution in [0, 0.1) is 17.4 Å². The minimum absolute atomic E-state index is 0.422. The van der Waals surface area contributed by atoms with Gasteiger partial charge in [0.05, 0.1) is 5.56 Å². The van der Waals surface area contributed by atoms with Crippen LogP contribution in [0.25, 0.3) is 22.5 Å². The average Bonchev–Trinajstić information content (AvgIpc) is 2.85. The average molecular weight is 390 g/mol. The molecular weight excluding hydrogens is 375 g/mol. The molecule has 0 aliphatic heterocycles. The number of benzene rings is 2. The third-order valence-electron chi connectivity index (χ3n) is 3.50. The Morgan fingerprint density at radius 1 is 1.05 bits per heavy atom. The molecule has 0 aliphatic rings. The van der Waals surface area contributed by atoms with Crippen molar-refractivity contribution in [3.63, 3.8) is 0 Å². The van der Waals surface area contributed by atoms with Gasteiger partial charge in [-0.3, -0.25) is 0 Å². The van der Waals surface area contributed by atoms with Crippen LogP contribution in [0.5, 0.6) is 0 Å². The summed E-state index contributed by atoms with van der Waals surface area (Å²) in [6, 6.07) is 14.3. The Hall–Kier alpha value is -1.82. The number of aromatic nitrogens is 1. The van der Waals surface area contributed by atoms with Gasteiger partial charge in [0.1, 0.15) is 0 Å². The molecule has 2 aromatic carbocycles. The summed E-state index contributed by atoms with van der Waals surface area (Å²) < 4.78 is 6.67. The lowest BCUT2D eigenvalue weighted by atomic mass is 10.00. The van der Waals surface area contributed by atoms with Crippen LogP contribution in [0.3, 0.4) is 0 Å². The fourth-order valence-corrected chi connectivity index (χ4v) is 2.91. The highest BCUT2D eigenvalue weighted by Crippen LogP contribution is 2.39. The Balaban J connectivity index is 2.22. The maximum atomic E-state index is 6.03. The van der Waals surface area contributed by atoms with Crippen molar-refractivity contribution in [2.24, 2.45) is 0 Å². The van der Waals surface area contributed by atoms with E-state index in [0.29, 0.717) is 5.82 Å². The standard InChI is InChI=1S/C17H15IN2O/c1-10-6-8-12(9-7-10)14-16(21-20-17(14)19)13-5-3-4-11(2)15(13)18/h3-9H,1-2H3,(H2,19,20). The number of nitrogens with two attached hydrogens (primary N) is 1. The molecule has 0 spiro atoms. The van der Waals surface area contributed by atoms with Gasteiger partial charge < -0.3 is 10.3 Å². The van der Waals surface area contributed by atoms with Gasteiger partial charge in [-0.05, 0) is 47.6 Å². The summed E-state index contributed by atoms with van der Waals surface area (Å²) in [5.41, 5.74) is 11.3. The molecule has 0 atom stereocenters. The molecule has 4 heteroatoms. The van der Waals surface area contributed by atoms with Crippen molar-refractivity contribution in [2.45, 2.75) is 13.8 Å². The monoisotopic (exact) mass is 390 g/mol. The molecule has 21 heavy (non-hydrogen) atoms. The Bertz CT molecular complexity index is 791. The SMILES string of the molecule is Cc1ccc(-c2c(N)noc2-c2cccc(C)c2I)cc1. The molecule has 0 radical (unpaired) electrons. The predicted octanol–water partition coefficient (Wildman–Crippen LogP) is 4.81. The van der Waals surface area contributed by atoms with Crippen LogP contribution >= 0.6 is 22.6 Å². The van der Waals surface area contributed by atoms with Gasteiger partial charge in [-0.1, -0.05) is 53.2 Å². The van der Waals surface area contributed by atoms with E-state index in [-0.39, 0.29) is 0 Å². The minimum atomic E-state index is 0.422. The van der Waals surface area contributed by atoms with Crippen molar-refractivity contribution in [3.8, 4) is 22.5 Å². The molecule has 1 aromatic heterocycles. The zero-order valence-electron chi connectivity index (χ0n) is 11.9. The molecule has 3 rings (SSSR count). The molecule has 1 heterocycles. The Kier molecular flexibility index (Phi) is 3.71. The largest absolute Gasteiger partial charge is 0.380 e. The number of rotatable bonds is 2. The molecule has 0 amide bonds. The first kappa shape index (κ1) is 14.1. The maximum absolute atomic E-state index is 6.03. The number of halogens is 1. The van der Waals surface area contributed by atoms with Crippen molar-refractivity contribution in [1.82, 2.24) is 5.16 Å². The summed E-state index contributed by atoms with van der Waals surface area (Å²) in [7, 11) is 0. The normalized spacial score (nSPS) is 10.8. The molecule has 0 fully saturated rings. The quantitative estimate of drug-likeness (QED) is 0.639. The summed E-state index contributed by atoms with van der Waals surface area (Å²) in [5.74, 6) is 1.15. The van der Waals surface area contributed by atoms with Crippen molar-refractivity contribution in [1.29, 1.82) is 0 Å². The Morgan fingerprint density at radius 2 is 1.76 bits per heavy atom. The van der Waals surface area contributed by atoms with Crippen LogP contribution in [0.1, 0.15) is 11.1 Å². The second kappa shape index (κ2) is 5.52. The first-order valence-corrected chi connectivity index (χ1v) is 7.73. The van der Waals surface area contributed by atoms with Gasteiger partial charge in [0.15, 0.2) is 11.6 Å². The minimum Gasteiger partial charge on any atom is -0.380 e. The van der Waals surface area contributed by atoms with E-state index in [9.17, 15) is 0 Å². The lowest BCUT2D eigenvalue weighted by Gasteiger charge is -2.07. The van der Waals surface area contributed by atoms with Crippen LogP contribution in [0.4, 0.5) is 5.82 Å². The number of anilines is 1. The van der Waals surface area contributed by atoms with Gasteiger partial charge in [0.2, 0.25) is 0 Å². The highest BCUT2D eigenvalue weighted by Gasteiger charge is 2.19. The van der Waals surface area contributed by atoms with Crippen LogP contribution in [0.15, 0.2) is 47.0 Å². The smallest absolute Gasteiger partial charge is 0.177 e. The topological polar surface area (TPSA) is 52.0 Å². The lowest BCUT2D eigenvalue weighted by Crippen LogP contribution is -1.91. The van der Waals surface area contributed by atoms with Crippen molar-refractivity contribution >= 4 is 28.4 Å². The number of hydrogen-bond donors (Lipinski definition) is 1. The number of hydrogen-bond acceptors (Lipinski definition) is 3. The zero-order valence-corrected chi connectivity index (χ0v) is 14.0. The van der Waals surface area contributed by atoms with Crippen LogP contribution in [-0.2, 0) is 0 Å². The first-order chi connectivity index (χ1) is 10.1. The summed E-state index contributed by atoms with van der Waals surface area (Å²) >= 11 is 2.33. The predicted molar refractivity (Wildman–Crippen MR) is 94.0 cm³/mol. The van der Waals surface area contributed by atoms with Crippen molar-refractivity contribution < 1.29 is 4.52 Å².